The predicted molar refractivity (Wildman–Crippen MR) is 72.9 cm³/mol. The third-order valence-electron chi connectivity index (χ3n) is 3.77. The summed E-state index contributed by atoms with van der Waals surface area (Å²) in [6.45, 7) is 0.348. The first-order valence-electron chi connectivity index (χ1n) is 6.79. The molecule has 21 heavy (non-hydrogen) atoms. The van der Waals surface area contributed by atoms with Crippen molar-refractivity contribution >= 4 is 22.8 Å². The first kappa shape index (κ1) is 13.6. The second-order valence-corrected chi connectivity index (χ2v) is 5.14. The number of hydrogen-bond donors (Lipinski definition) is 1. The summed E-state index contributed by atoms with van der Waals surface area (Å²) in [5.74, 6) is -0.699. The number of ketones is 1. The summed E-state index contributed by atoms with van der Waals surface area (Å²) in [4.78, 5) is 24.8. The minimum absolute atomic E-state index is 0.0775. The van der Waals surface area contributed by atoms with Gasteiger partial charge in [-0.2, -0.15) is 0 Å². The maximum absolute atomic E-state index is 13.2. The maximum Gasteiger partial charge on any atom is 0.407 e. The van der Waals surface area contributed by atoms with E-state index >= 15 is 0 Å². The molecule has 0 radical (unpaired) electrons. The van der Waals surface area contributed by atoms with E-state index in [1.807, 2.05) is 0 Å². The fraction of sp³-hybridized carbons (Fsp3) is 0.333. The molecule has 5 nitrogen and oxygen atoms in total. The molecule has 1 aliphatic rings. The number of nitrogens with zero attached hydrogens (tertiary/aromatic N) is 1. The van der Waals surface area contributed by atoms with Crippen LogP contribution in [0.5, 0.6) is 0 Å². The summed E-state index contributed by atoms with van der Waals surface area (Å²) >= 11 is 0. The molecule has 3 rings (SSSR count). The zero-order chi connectivity index (χ0) is 15.0. The number of carboxylic acid groups (broad SMARTS) is 1. The zero-order valence-corrected chi connectivity index (χ0v) is 11.2. The van der Waals surface area contributed by atoms with Crippen molar-refractivity contribution in [1.29, 1.82) is 0 Å². The van der Waals surface area contributed by atoms with Gasteiger partial charge in [-0.05, 0) is 43.5 Å². The van der Waals surface area contributed by atoms with Crippen LogP contribution in [-0.2, 0) is 0 Å². The van der Waals surface area contributed by atoms with Crippen LogP contribution >= 0.6 is 0 Å². The molecule has 1 unspecified atom stereocenters. The smallest absolute Gasteiger partial charge is 0.407 e. The summed E-state index contributed by atoms with van der Waals surface area (Å²) in [6.07, 6.45) is 0.933. The van der Waals surface area contributed by atoms with Crippen LogP contribution in [0.3, 0.4) is 0 Å². The van der Waals surface area contributed by atoms with E-state index < -0.39 is 18.0 Å². The van der Waals surface area contributed by atoms with E-state index in [9.17, 15) is 19.1 Å². The molecular formula is C15H14FNO4. The molecule has 1 aromatic heterocycles. The molecule has 1 fully saturated rings. The average molecular weight is 291 g/mol. The van der Waals surface area contributed by atoms with Crippen molar-refractivity contribution in [2.75, 3.05) is 6.54 Å². The lowest BCUT2D eigenvalue weighted by molar-refractivity contribution is 0.0691. The summed E-state index contributed by atoms with van der Waals surface area (Å²) in [5.41, 5.74) is 0.414. The van der Waals surface area contributed by atoms with Crippen molar-refractivity contribution in [2.45, 2.75) is 25.3 Å². The fourth-order valence-electron chi connectivity index (χ4n) is 2.73. The number of piperidine rings is 1. The van der Waals surface area contributed by atoms with Crippen molar-refractivity contribution < 1.29 is 23.5 Å². The van der Waals surface area contributed by atoms with E-state index in [0.29, 0.717) is 23.9 Å². The van der Waals surface area contributed by atoms with Gasteiger partial charge in [0.25, 0.3) is 0 Å². The van der Waals surface area contributed by atoms with Gasteiger partial charge in [0.05, 0.1) is 0 Å². The number of halogens is 1. The van der Waals surface area contributed by atoms with Crippen LogP contribution in [0.1, 0.15) is 29.8 Å². The van der Waals surface area contributed by atoms with Crippen LogP contribution in [0.4, 0.5) is 9.18 Å². The Morgan fingerprint density at radius 1 is 1.29 bits per heavy atom. The second-order valence-electron chi connectivity index (χ2n) is 5.14. The number of furan rings is 1. The Morgan fingerprint density at radius 2 is 2.10 bits per heavy atom. The lowest BCUT2D eigenvalue weighted by atomic mass is 9.97. The van der Waals surface area contributed by atoms with Gasteiger partial charge >= 0.3 is 6.09 Å². The number of hydrogen-bond acceptors (Lipinski definition) is 3. The van der Waals surface area contributed by atoms with Crippen molar-refractivity contribution in [3.05, 3.63) is 35.8 Å². The topological polar surface area (TPSA) is 70.8 Å². The Bertz CT molecular complexity index is 709. The third kappa shape index (κ3) is 2.49. The Morgan fingerprint density at radius 3 is 2.86 bits per heavy atom. The van der Waals surface area contributed by atoms with Crippen LogP contribution in [0, 0.1) is 5.82 Å². The van der Waals surface area contributed by atoms with E-state index in [2.05, 4.69) is 0 Å². The molecule has 0 aliphatic carbocycles. The lowest BCUT2D eigenvalue weighted by Gasteiger charge is -2.31. The van der Waals surface area contributed by atoms with Crippen LogP contribution in [0.25, 0.3) is 11.0 Å². The van der Waals surface area contributed by atoms with E-state index in [1.54, 1.807) is 0 Å². The van der Waals surface area contributed by atoms with Gasteiger partial charge in [-0.25, -0.2) is 9.18 Å². The molecule has 2 aromatic rings. The highest BCUT2D eigenvalue weighted by molar-refractivity contribution is 6.02. The van der Waals surface area contributed by atoms with Gasteiger partial charge < -0.3 is 9.52 Å². The van der Waals surface area contributed by atoms with Crippen LogP contribution in [-0.4, -0.2) is 34.5 Å². The molecule has 0 saturated carbocycles. The molecule has 1 saturated heterocycles. The molecule has 0 bridgehead atoms. The van der Waals surface area contributed by atoms with Gasteiger partial charge in [0.1, 0.15) is 17.4 Å². The fourth-order valence-corrected chi connectivity index (χ4v) is 2.73. The molecule has 0 spiro atoms. The van der Waals surface area contributed by atoms with Gasteiger partial charge in [-0.3, -0.25) is 9.69 Å². The summed E-state index contributed by atoms with van der Waals surface area (Å²) < 4.78 is 18.6. The van der Waals surface area contributed by atoms with E-state index in [0.717, 1.165) is 17.7 Å². The average Bonchev–Trinajstić information content (AvgIpc) is 2.89. The Labute approximate surface area is 119 Å². The highest BCUT2D eigenvalue weighted by Gasteiger charge is 2.34. The summed E-state index contributed by atoms with van der Waals surface area (Å²) in [5, 5.41) is 9.67. The number of carbonyl (C=O) groups is 2. The van der Waals surface area contributed by atoms with E-state index in [1.165, 1.54) is 24.3 Å². The maximum atomic E-state index is 13.2. The number of carbonyl (C=O) groups excluding carboxylic acids is 1. The first-order chi connectivity index (χ1) is 10.1. The molecular weight excluding hydrogens is 277 g/mol. The quantitative estimate of drug-likeness (QED) is 0.862. The van der Waals surface area contributed by atoms with Crippen molar-refractivity contribution in [1.82, 2.24) is 4.90 Å². The van der Waals surface area contributed by atoms with Crippen molar-refractivity contribution in [3.8, 4) is 0 Å². The zero-order valence-electron chi connectivity index (χ0n) is 11.2. The number of benzene rings is 1. The Kier molecular flexibility index (Phi) is 3.37. The molecule has 1 N–H and O–H groups in total. The van der Waals surface area contributed by atoms with E-state index in [-0.39, 0.29) is 11.5 Å². The van der Waals surface area contributed by atoms with Gasteiger partial charge in [0, 0.05) is 11.9 Å². The molecule has 1 amide bonds. The SMILES string of the molecule is O=C(c1cc2cc(F)ccc2o1)C1CCCCN1C(=O)O. The number of fused-ring (bicyclic) bond motifs is 1. The monoisotopic (exact) mass is 291 g/mol. The Hall–Kier alpha value is -2.37. The van der Waals surface area contributed by atoms with Gasteiger partial charge in [-0.1, -0.05) is 0 Å². The van der Waals surface area contributed by atoms with Crippen molar-refractivity contribution in [2.24, 2.45) is 0 Å². The molecule has 1 aliphatic heterocycles. The highest BCUT2D eigenvalue weighted by atomic mass is 19.1. The molecule has 110 valence electrons. The largest absolute Gasteiger partial charge is 0.465 e. The highest BCUT2D eigenvalue weighted by Crippen LogP contribution is 2.25. The van der Waals surface area contributed by atoms with E-state index in [4.69, 9.17) is 4.42 Å². The molecule has 1 aromatic carbocycles. The standard InChI is InChI=1S/C15H14FNO4/c16-10-4-5-12-9(7-10)8-13(21-12)14(18)11-3-1-2-6-17(11)15(19)20/h4-5,7-8,11H,1-3,6H2,(H,19,20). The summed E-state index contributed by atoms with van der Waals surface area (Å²) in [6, 6.07) is 4.74. The van der Waals surface area contributed by atoms with Gasteiger partial charge in [0.2, 0.25) is 5.78 Å². The lowest BCUT2D eigenvalue weighted by Crippen LogP contribution is -2.47. The summed E-state index contributed by atoms with van der Waals surface area (Å²) in [7, 11) is 0. The molecule has 6 heteroatoms. The van der Waals surface area contributed by atoms with Crippen molar-refractivity contribution in [3.63, 3.8) is 0 Å². The number of likely N-dealkylation sites (tertiary alicyclic amines) is 1. The van der Waals surface area contributed by atoms with Crippen LogP contribution in [0.15, 0.2) is 28.7 Å². The van der Waals surface area contributed by atoms with Gasteiger partial charge in [-0.15, -0.1) is 0 Å². The molecule has 1 atom stereocenters. The van der Waals surface area contributed by atoms with Gasteiger partial charge in [0.15, 0.2) is 5.76 Å². The third-order valence-corrected chi connectivity index (χ3v) is 3.77. The van der Waals surface area contributed by atoms with Crippen LogP contribution < -0.4 is 0 Å². The second kappa shape index (κ2) is 5.20. The minimum Gasteiger partial charge on any atom is -0.465 e. The number of Topliss-reactive ketones (excluding diaryl/α,β-unsaturated/α-hetero) is 1. The first-order valence-corrected chi connectivity index (χ1v) is 6.79. The van der Waals surface area contributed by atoms with Crippen LogP contribution in [0.2, 0.25) is 0 Å². The molecule has 2 heterocycles. The Balaban J connectivity index is 1.93. The predicted octanol–water partition coefficient (Wildman–Crippen LogP) is 3.29. The number of rotatable bonds is 2. The number of amides is 1. The minimum atomic E-state index is -1.10. The normalized spacial score (nSPS) is 18.9.